The van der Waals surface area contributed by atoms with Gasteiger partial charge < -0.3 is 14.6 Å². The smallest absolute Gasteiger partial charge is 0.220 e. The second-order valence-corrected chi connectivity index (χ2v) is 7.60. The maximum absolute atomic E-state index is 11.6. The average molecular weight is 414 g/mol. The van der Waals surface area contributed by atoms with E-state index in [1.807, 2.05) is 51.1 Å². The fourth-order valence-electron chi connectivity index (χ4n) is 3.36. The molecule has 1 heterocycles. The first kappa shape index (κ1) is 21.2. The van der Waals surface area contributed by atoms with Gasteiger partial charge in [-0.25, -0.2) is 4.98 Å². The molecular weight excluding hydrogens is 386 g/mol. The molecule has 1 N–H and O–H groups in total. The summed E-state index contributed by atoms with van der Waals surface area (Å²) in [4.78, 5) is 16.3. The fourth-order valence-corrected chi connectivity index (χ4v) is 3.47. The van der Waals surface area contributed by atoms with Crippen LogP contribution in [0.5, 0.6) is 5.75 Å². The van der Waals surface area contributed by atoms with Gasteiger partial charge in [-0.2, -0.15) is 0 Å². The molecule has 154 valence electrons. The number of imidazole rings is 1. The van der Waals surface area contributed by atoms with Crippen LogP contribution < -0.4 is 10.1 Å². The summed E-state index contributed by atoms with van der Waals surface area (Å²) in [6.45, 7) is 7.76. The maximum atomic E-state index is 11.6. The molecule has 0 atom stereocenters. The molecule has 0 bridgehead atoms. The molecule has 0 aliphatic rings. The Morgan fingerprint density at radius 2 is 1.90 bits per heavy atom. The quantitative estimate of drug-likeness (QED) is 0.491. The Morgan fingerprint density at radius 1 is 1.17 bits per heavy atom. The van der Waals surface area contributed by atoms with Crippen LogP contribution in [0.25, 0.3) is 11.0 Å². The molecule has 0 spiro atoms. The number of unbranched alkanes of at least 4 members (excludes halogenated alkanes) is 1. The number of amides is 1. The van der Waals surface area contributed by atoms with E-state index < -0.39 is 0 Å². The monoisotopic (exact) mass is 413 g/mol. The van der Waals surface area contributed by atoms with Gasteiger partial charge in [0, 0.05) is 18.0 Å². The van der Waals surface area contributed by atoms with Gasteiger partial charge in [0.25, 0.3) is 0 Å². The lowest BCUT2D eigenvalue weighted by atomic mass is 10.1. The maximum Gasteiger partial charge on any atom is 0.220 e. The molecule has 6 heteroatoms. The van der Waals surface area contributed by atoms with Crippen LogP contribution in [-0.2, 0) is 17.9 Å². The molecule has 29 heavy (non-hydrogen) atoms. The number of nitrogens with one attached hydrogen (secondary N) is 1. The van der Waals surface area contributed by atoms with Crippen molar-refractivity contribution in [1.82, 2.24) is 14.9 Å². The van der Waals surface area contributed by atoms with Crippen LogP contribution in [0.4, 0.5) is 0 Å². The van der Waals surface area contributed by atoms with Crippen molar-refractivity contribution in [2.45, 2.75) is 53.1 Å². The summed E-state index contributed by atoms with van der Waals surface area (Å²) >= 11 is 6.22. The fraction of sp³-hybridized carbons (Fsp3) is 0.391. The van der Waals surface area contributed by atoms with Crippen molar-refractivity contribution < 1.29 is 9.53 Å². The van der Waals surface area contributed by atoms with Gasteiger partial charge in [-0.3, -0.25) is 4.79 Å². The summed E-state index contributed by atoms with van der Waals surface area (Å²) in [6.07, 6.45) is 2.36. The molecule has 0 saturated carbocycles. The number of benzene rings is 2. The van der Waals surface area contributed by atoms with Crippen LogP contribution in [-0.4, -0.2) is 22.1 Å². The van der Waals surface area contributed by atoms with Crippen molar-refractivity contribution in [3.8, 4) is 5.75 Å². The molecule has 0 aliphatic heterocycles. The third-order valence-electron chi connectivity index (χ3n) is 4.95. The van der Waals surface area contributed by atoms with Gasteiger partial charge in [0.05, 0.1) is 24.2 Å². The molecule has 1 amide bonds. The zero-order valence-electron chi connectivity index (χ0n) is 17.3. The zero-order valence-corrected chi connectivity index (χ0v) is 18.1. The number of carbonyl (C=O) groups excluding carboxylic acids is 1. The van der Waals surface area contributed by atoms with Crippen LogP contribution in [0, 0.1) is 13.8 Å². The Kier molecular flexibility index (Phi) is 7.15. The highest BCUT2D eigenvalue weighted by molar-refractivity contribution is 6.32. The average Bonchev–Trinajstić information content (AvgIpc) is 3.07. The number of hydrogen-bond donors (Lipinski definition) is 1. The molecular formula is C23H28ClN3O2. The van der Waals surface area contributed by atoms with Crippen molar-refractivity contribution in [3.05, 3.63) is 58.4 Å². The normalized spacial score (nSPS) is 11.0. The minimum absolute atomic E-state index is 0.0329. The van der Waals surface area contributed by atoms with Gasteiger partial charge in [-0.1, -0.05) is 30.7 Å². The topological polar surface area (TPSA) is 56.2 Å². The van der Waals surface area contributed by atoms with E-state index in [0.717, 1.165) is 58.1 Å². The molecule has 0 radical (unpaired) electrons. The predicted octanol–water partition coefficient (Wildman–Crippen LogP) is 5.19. The SMILES string of the molecule is CCC(=O)NCc1nc2ccccc2n1CCCCOc1cc(C)c(Cl)c(C)c1. The number of aromatic nitrogens is 2. The van der Waals surface area contributed by atoms with Crippen molar-refractivity contribution in [2.75, 3.05) is 6.61 Å². The van der Waals surface area contributed by atoms with Crippen molar-refractivity contribution in [1.29, 1.82) is 0 Å². The van der Waals surface area contributed by atoms with Crippen LogP contribution in [0.1, 0.15) is 43.1 Å². The van der Waals surface area contributed by atoms with Gasteiger partial charge >= 0.3 is 0 Å². The number of aryl methyl sites for hydroxylation is 3. The third kappa shape index (κ3) is 5.30. The predicted molar refractivity (Wildman–Crippen MR) is 118 cm³/mol. The number of ether oxygens (including phenoxy) is 1. The standard InChI is InChI=1S/C23H28ClN3O2/c1-4-22(28)25-15-21-26-19-9-5-6-10-20(19)27(21)11-7-8-12-29-18-13-16(2)23(24)17(3)14-18/h5-6,9-10,13-14H,4,7-8,11-12,15H2,1-3H3,(H,25,28). The van der Waals surface area contributed by atoms with E-state index in [2.05, 4.69) is 16.0 Å². The van der Waals surface area contributed by atoms with Crippen molar-refractivity contribution >= 4 is 28.5 Å². The number of nitrogens with zero attached hydrogens (tertiary/aromatic N) is 2. The highest BCUT2D eigenvalue weighted by Crippen LogP contribution is 2.26. The van der Waals surface area contributed by atoms with E-state index in [9.17, 15) is 4.79 Å². The second-order valence-electron chi connectivity index (χ2n) is 7.23. The van der Waals surface area contributed by atoms with Gasteiger partial charge in [0.1, 0.15) is 11.6 Å². The Bertz CT molecular complexity index is 974. The third-order valence-corrected chi connectivity index (χ3v) is 5.55. The second kappa shape index (κ2) is 9.79. The van der Waals surface area contributed by atoms with Crippen molar-refractivity contribution in [3.63, 3.8) is 0 Å². The molecule has 0 aliphatic carbocycles. The summed E-state index contributed by atoms with van der Waals surface area (Å²) in [5.74, 6) is 1.78. The Morgan fingerprint density at radius 3 is 2.62 bits per heavy atom. The number of halogens is 1. The minimum Gasteiger partial charge on any atom is -0.494 e. The van der Waals surface area contributed by atoms with E-state index in [1.165, 1.54) is 0 Å². The summed E-state index contributed by atoms with van der Waals surface area (Å²) in [6, 6.07) is 12.0. The number of rotatable bonds is 9. The van der Waals surface area contributed by atoms with Crippen LogP contribution in [0.3, 0.4) is 0 Å². The first-order valence-corrected chi connectivity index (χ1v) is 10.5. The summed E-state index contributed by atoms with van der Waals surface area (Å²) in [7, 11) is 0. The lowest BCUT2D eigenvalue weighted by Crippen LogP contribution is -2.23. The molecule has 3 rings (SSSR count). The Balaban J connectivity index is 1.59. The first-order valence-electron chi connectivity index (χ1n) is 10.1. The molecule has 3 aromatic rings. The van der Waals surface area contributed by atoms with Crippen LogP contribution >= 0.6 is 11.6 Å². The van der Waals surface area contributed by atoms with E-state index in [4.69, 9.17) is 21.3 Å². The van der Waals surface area contributed by atoms with Gasteiger partial charge in [-0.15, -0.1) is 0 Å². The van der Waals surface area contributed by atoms with Crippen LogP contribution in [0.2, 0.25) is 5.02 Å². The van der Waals surface area contributed by atoms with Gasteiger partial charge in [0.2, 0.25) is 5.91 Å². The summed E-state index contributed by atoms with van der Waals surface area (Å²) < 4.78 is 8.11. The molecule has 0 fully saturated rings. The largest absolute Gasteiger partial charge is 0.494 e. The van der Waals surface area contributed by atoms with Crippen molar-refractivity contribution in [2.24, 2.45) is 0 Å². The molecule has 5 nitrogen and oxygen atoms in total. The van der Waals surface area contributed by atoms with E-state index in [0.29, 0.717) is 19.6 Å². The van der Waals surface area contributed by atoms with E-state index in [1.54, 1.807) is 0 Å². The minimum atomic E-state index is 0.0329. The molecule has 1 aromatic heterocycles. The lowest BCUT2D eigenvalue weighted by Gasteiger charge is -2.12. The summed E-state index contributed by atoms with van der Waals surface area (Å²) in [5, 5.41) is 3.73. The number of para-hydroxylation sites is 2. The lowest BCUT2D eigenvalue weighted by molar-refractivity contribution is -0.120. The molecule has 0 unspecified atom stereocenters. The molecule has 0 saturated heterocycles. The number of hydrogen-bond acceptors (Lipinski definition) is 3. The number of carbonyl (C=O) groups is 1. The Hall–Kier alpha value is -2.53. The molecule has 2 aromatic carbocycles. The number of fused-ring (bicyclic) bond motifs is 1. The highest BCUT2D eigenvalue weighted by Gasteiger charge is 2.11. The van der Waals surface area contributed by atoms with E-state index in [-0.39, 0.29) is 5.91 Å². The highest BCUT2D eigenvalue weighted by atomic mass is 35.5. The first-order chi connectivity index (χ1) is 14.0. The van der Waals surface area contributed by atoms with Crippen LogP contribution in [0.15, 0.2) is 36.4 Å². The van der Waals surface area contributed by atoms with Gasteiger partial charge in [0.15, 0.2) is 0 Å². The zero-order chi connectivity index (χ0) is 20.8. The Labute approximate surface area is 177 Å². The van der Waals surface area contributed by atoms with Gasteiger partial charge in [-0.05, 0) is 62.1 Å². The van der Waals surface area contributed by atoms with E-state index >= 15 is 0 Å². The summed E-state index contributed by atoms with van der Waals surface area (Å²) in [5.41, 5.74) is 4.12.